The minimum absolute atomic E-state index is 0.104. The van der Waals surface area contributed by atoms with Crippen molar-refractivity contribution in [2.75, 3.05) is 20.3 Å². The van der Waals surface area contributed by atoms with E-state index in [1.807, 2.05) is 6.92 Å². The van der Waals surface area contributed by atoms with Crippen LogP contribution in [0.1, 0.15) is 36.5 Å². The predicted octanol–water partition coefficient (Wildman–Crippen LogP) is 5.18. The van der Waals surface area contributed by atoms with Gasteiger partial charge in [0.25, 0.3) is 11.1 Å². The molecule has 0 aromatic heterocycles. The zero-order valence-electron chi connectivity index (χ0n) is 19.2. The van der Waals surface area contributed by atoms with Gasteiger partial charge in [-0.2, -0.15) is 5.26 Å². The van der Waals surface area contributed by atoms with Crippen molar-refractivity contribution in [2.24, 2.45) is 0 Å². The summed E-state index contributed by atoms with van der Waals surface area (Å²) >= 11 is 7.16. The Labute approximate surface area is 212 Å². The molecule has 0 N–H and O–H groups in total. The predicted molar refractivity (Wildman–Crippen MR) is 132 cm³/mol. The molecule has 0 atom stereocenters. The molecule has 0 bridgehead atoms. The van der Waals surface area contributed by atoms with Gasteiger partial charge in [-0.3, -0.25) is 19.3 Å². The topological polar surface area (TPSA) is 106 Å². The van der Waals surface area contributed by atoms with E-state index in [0.29, 0.717) is 28.9 Å². The second-order valence-electron chi connectivity index (χ2n) is 7.43. The summed E-state index contributed by atoms with van der Waals surface area (Å²) in [4.78, 5) is 37.9. The average molecular weight is 515 g/mol. The zero-order valence-corrected chi connectivity index (χ0v) is 20.8. The van der Waals surface area contributed by atoms with E-state index in [2.05, 4.69) is 6.07 Å². The number of imide groups is 1. The molecule has 8 nitrogen and oxygen atoms in total. The maximum Gasteiger partial charge on any atom is 0.326 e. The van der Waals surface area contributed by atoms with Gasteiger partial charge in [-0.15, -0.1) is 0 Å². The van der Waals surface area contributed by atoms with Crippen LogP contribution in [0.4, 0.5) is 4.79 Å². The van der Waals surface area contributed by atoms with Gasteiger partial charge < -0.3 is 14.2 Å². The van der Waals surface area contributed by atoms with Crippen LogP contribution < -0.4 is 9.47 Å². The standard InChI is InChI=1S/C25H23ClN2O6S/c1-3-4-9-33-22(29)14-28-24(30)21(35-25(28)31)12-16-10-19(26)23(20(11-16)32-2)34-15-18-8-6-5-7-17(18)13-27/h5-8,10-12H,3-4,9,14-15H2,1-2H3/b21-12-. The van der Waals surface area contributed by atoms with E-state index in [0.717, 1.165) is 23.1 Å². The summed E-state index contributed by atoms with van der Waals surface area (Å²) in [6.45, 7) is 1.87. The van der Waals surface area contributed by atoms with E-state index in [1.165, 1.54) is 13.2 Å². The van der Waals surface area contributed by atoms with E-state index >= 15 is 0 Å². The second-order valence-corrected chi connectivity index (χ2v) is 8.83. The van der Waals surface area contributed by atoms with Gasteiger partial charge in [0.15, 0.2) is 11.5 Å². The number of carbonyl (C=O) groups is 3. The Kier molecular flexibility index (Phi) is 9.18. The minimum atomic E-state index is -0.633. The first-order valence-electron chi connectivity index (χ1n) is 10.8. The molecule has 1 fully saturated rings. The summed E-state index contributed by atoms with van der Waals surface area (Å²) in [5, 5.41) is 8.93. The van der Waals surface area contributed by atoms with E-state index in [4.69, 9.17) is 25.8 Å². The number of benzene rings is 2. The molecule has 0 radical (unpaired) electrons. The van der Waals surface area contributed by atoms with E-state index in [9.17, 15) is 19.6 Å². The summed E-state index contributed by atoms with van der Waals surface area (Å²) < 4.78 is 16.3. The highest BCUT2D eigenvalue weighted by molar-refractivity contribution is 8.18. The lowest BCUT2D eigenvalue weighted by Gasteiger charge is -2.14. The molecule has 35 heavy (non-hydrogen) atoms. The Balaban J connectivity index is 1.75. The van der Waals surface area contributed by atoms with Crippen LogP contribution in [0.3, 0.4) is 0 Å². The Hall–Kier alpha value is -3.48. The number of esters is 1. The Morgan fingerprint density at radius 1 is 1.26 bits per heavy atom. The van der Waals surface area contributed by atoms with Gasteiger partial charge in [-0.25, -0.2) is 0 Å². The first-order valence-corrected chi connectivity index (χ1v) is 12.0. The van der Waals surface area contributed by atoms with Crippen LogP contribution in [0.15, 0.2) is 41.3 Å². The molecule has 3 rings (SSSR count). The molecule has 2 aromatic rings. The Bertz CT molecular complexity index is 1210. The largest absolute Gasteiger partial charge is 0.493 e. The van der Waals surface area contributed by atoms with E-state index < -0.39 is 23.7 Å². The van der Waals surface area contributed by atoms with Crippen LogP contribution in [0.2, 0.25) is 5.02 Å². The highest BCUT2D eigenvalue weighted by Gasteiger charge is 2.36. The maximum atomic E-state index is 12.7. The normalized spacial score (nSPS) is 14.2. The van der Waals surface area contributed by atoms with Crippen LogP contribution in [-0.4, -0.2) is 42.3 Å². The lowest BCUT2D eigenvalue weighted by molar-refractivity contribution is -0.146. The number of nitrogens with zero attached hydrogens (tertiary/aromatic N) is 2. The monoisotopic (exact) mass is 514 g/mol. The summed E-state index contributed by atoms with van der Waals surface area (Å²) in [6, 6.07) is 12.3. The number of ether oxygens (including phenoxy) is 3. The van der Waals surface area contributed by atoms with Gasteiger partial charge >= 0.3 is 5.97 Å². The fourth-order valence-electron chi connectivity index (χ4n) is 3.16. The molecule has 0 unspecified atom stereocenters. The lowest BCUT2D eigenvalue weighted by atomic mass is 10.1. The third kappa shape index (κ3) is 6.56. The van der Waals surface area contributed by atoms with Crippen molar-refractivity contribution in [3.05, 3.63) is 63.0 Å². The number of amides is 2. The van der Waals surface area contributed by atoms with Crippen LogP contribution >= 0.6 is 23.4 Å². The van der Waals surface area contributed by atoms with Gasteiger partial charge in [-0.05, 0) is 48.0 Å². The van der Waals surface area contributed by atoms with Crippen molar-refractivity contribution in [1.29, 1.82) is 5.26 Å². The number of methoxy groups -OCH3 is 1. The smallest absolute Gasteiger partial charge is 0.326 e. The van der Waals surface area contributed by atoms with Crippen molar-refractivity contribution in [1.82, 2.24) is 4.90 Å². The molecule has 2 aromatic carbocycles. The quantitative estimate of drug-likeness (QED) is 0.242. The van der Waals surface area contributed by atoms with Crippen LogP contribution in [0, 0.1) is 11.3 Å². The number of rotatable bonds is 10. The fraction of sp³-hybridized carbons (Fsp3) is 0.280. The highest BCUT2D eigenvalue weighted by atomic mass is 35.5. The van der Waals surface area contributed by atoms with Crippen LogP contribution in [0.25, 0.3) is 6.08 Å². The number of nitriles is 1. The fourth-order valence-corrected chi connectivity index (χ4v) is 4.27. The third-order valence-corrected chi connectivity index (χ3v) is 6.17. The van der Waals surface area contributed by atoms with Gasteiger partial charge in [0, 0.05) is 5.56 Å². The van der Waals surface area contributed by atoms with E-state index in [1.54, 1.807) is 36.4 Å². The molecule has 1 aliphatic heterocycles. The molecular formula is C25H23ClN2O6S. The number of unbranched alkanes of at least 4 members (excludes halogenated alkanes) is 1. The number of halogens is 1. The number of carbonyl (C=O) groups excluding carboxylic acids is 3. The Morgan fingerprint density at radius 3 is 2.74 bits per heavy atom. The Morgan fingerprint density at radius 2 is 2.03 bits per heavy atom. The average Bonchev–Trinajstić information content (AvgIpc) is 3.10. The molecule has 1 heterocycles. The highest BCUT2D eigenvalue weighted by Crippen LogP contribution is 2.39. The summed E-state index contributed by atoms with van der Waals surface area (Å²) in [5.74, 6) is -0.624. The summed E-state index contributed by atoms with van der Waals surface area (Å²) in [7, 11) is 1.45. The van der Waals surface area contributed by atoms with Crippen molar-refractivity contribution in [3.63, 3.8) is 0 Å². The van der Waals surface area contributed by atoms with Gasteiger partial charge in [0.2, 0.25) is 0 Å². The lowest BCUT2D eigenvalue weighted by Crippen LogP contribution is -2.34. The number of thioether (sulfide) groups is 1. The molecule has 1 aliphatic rings. The molecule has 1 saturated heterocycles. The molecule has 0 aliphatic carbocycles. The molecule has 0 spiro atoms. The van der Waals surface area contributed by atoms with Crippen molar-refractivity contribution < 1.29 is 28.6 Å². The first-order chi connectivity index (χ1) is 16.9. The molecule has 10 heteroatoms. The van der Waals surface area contributed by atoms with Gasteiger partial charge in [0.05, 0.1) is 35.3 Å². The number of hydrogen-bond acceptors (Lipinski definition) is 8. The summed E-state index contributed by atoms with van der Waals surface area (Å²) in [5.41, 5.74) is 1.69. The van der Waals surface area contributed by atoms with Crippen LogP contribution in [-0.2, 0) is 20.9 Å². The second kappa shape index (κ2) is 12.3. The van der Waals surface area contributed by atoms with Crippen molar-refractivity contribution in [2.45, 2.75) is 26.4 Å². The zero-order chi connectivity index (χ0) is 25.4. The van der Waals surface area contributed by atoms with Crippen LogP contribution in [0.5, 0.6) is 11.5 Å². The maximum absolute atomic E-state index is 12.7. The molecule has 182 valence electrons. The van der Waals surface area contributed by atoms with Crippen molar-refractivity contribution in [3.8, 4) is 17.6 Å². The van der Waals surface area contributed by atoms with Gasteiger partial charge in [0.1, 0.15) is 13.2 Å². The third-order valence-electron chi connectivity index (χ3n) is 4.98. The van der Waals surface area contributed by atoms with Gasteiger partial charge in [-0.1, -0.05) is 43.1 Å². The molecule has 2 amide bonds. The van der Waals surface area contributed by atoms with Crippen molar-refractivity contribution >= 4 is 46.6 Å². The first kappa shape index (κ1) is 26.1. The summed E-state index contributed by atoms with van der Waals surface area (Å²) in [6.07, 6.45) is 3.07. The minimum Gasteiger partial charge on any atom is -0.493 e. The number of hydrogen-bond donors (Lipinski definition) is 0. The molecular weight excluding hydrogens is 492 g/mol. The molecule has 0 saturated carbocycles. The SMILES string of the molecule is CCCCOC(=O)CN1C(=O)S/C(=C\c2cc(Cl)c(OCc3ccccc3C#N)c(OC)c2)C1=O. The van der Waals surface area contributed by atoms with E-state index in [-0.39, 0.29) is 28.9 Å².